The van der Waals surface area contributed by atoms with Crippen molar-refractivity contribution in [3.8, 4) is 0 Å². The summed E-state index contributed by atoms with van der Waals surface area (Å²) >= 11 is 0. The lowest BCUT2D eigenvalue weighted by Gasteiger charge is -2.11. The Balaban J connectivity index is 3.09. The van der Waals surface area contributed by atoms with Gasteiger partial charge >= 0.3 is 0 Å². The summed E-state index contributed by atoms with van der Waals surface area (Å²) in [7, 11) is -3.49. The number of nitrogens with two attached hydrogens (primary N) is 1. The van der Waals surface area contributed by atoms with Gasteiger partial charge in [-0.25, -0.2) is 12.8 Å². The van der Waals surface area contributed by atoms with E-state index in [0.29, 0.717) is 6.54 Å². The van der Waals surface area contributed by atoms with Crippen LogP contribution in [0.4, 0.5) is 4.39 Å². The molecule has 3 nitrogen and oxygen atoms in total. The molecule has 5 heteroatoms. The topological polar surface area (TPSA) is 60.2 Å². The van der Waals surface area contributed by atoms with Gasteiger partial charge in [0.2, 0.25) is 0 Å². The molecule has 0 radical (unpaired) electrons. The Labute approximate surface area is 95.4 Å². The summed E-state index contributed by atoms with van der Waals surface area (Å²) in [5, 5.41) is 0. The number of sulfone groups is 1. The van der Waals surface area contributed by atoms with E-state index in [9.17, 15) is 12.8 Å². The van der Waals surface area contributed by atoms with Crippen LogP contribution in [0.15, 0.2) is 23.1 Å². The van der Waals surface area contributed by atoms with Gasteiger partial charge < -0.3 is 5.73 Å². The molecule has 0 aliphatic heterocycles. The van der Waals surface area contributed by atoms with Gasteiger partial charge in [0.05, 0.1) is 0 Å². The van der Waals surface area contributed by atoms with E-state index in [0.717, 1.165) is 18.2 Å². The average molecular weight is 245 g/mol. The molecule has 0 saturated carbocycles. The van der Waals surface area contributed by atoms with E-state index < -0.39 is 15.7 Å². The zero-order valence-corrected chi connectivity index (χ0v) is 10.2. The van der Waals surface area contributed by atoms with Crippen molar-refractivity contribution in [2.24, 2.45) is 5.73 Å². The molecule has 0 amide bonds. The minimum atomic E-state index is -3.49. The van der Waals surface area contributed by atoms with Crippen LogP contribution in [-0.4, -0.2) is 21.2 Å². The quantitative estimate of drug-likeness (QED) is 0.878. The molecule has 90 valence electrons. The summed E-state index contributed by atoms with van der Waals surface area (Å²) in [6.45, 7) is 2.46. The maximum Gasteiger partial charge on any atom is 0.178 e. The first-order valence-electron chi connectivity index (χ1n) is 5.06. The standard InChI is InChI=1S/C11H16FNO2S/c1-8(5-6-13)9-3-4-11(10(12)7-9)16(2,14)15/h3-4,7-8H,5-6,13H2,1-2H3. The van der Waals surface area contributed by atoms with E-state index in [1.165, 1.54) is 12.1 Å². The molecule has 0 saturated heterocycles. The summed E-state index contributed by atoms with van der Waals surface area (Å²) in [6.07, 6.45) is 1.74. The van der Waals surface area contributed by atoms with Crippen molar-refractivity contribution in [2.75, 3.05) is 12.8 Å². The summed E-state index contributed by atoms with van der Waals surface area (Å²) in [6, 6.07) is 4.23. The van der Waals surface area contributed by atoms with E-state index in [1.54, 1.807) is 6.07 Å². The van der Waals surface area contributed by atoms with Crippen LogP contribution < -0.4 is 5.73 Å². The van der Waals surface area contributed by atoms with Gasteiger partial charge in [-0.05, 0) is 36.6 Å². The van der Waals surface area contributed by atoms with Crippen LogP contribution in [0.25, 0.3) is 0 Å². The molecule has 1 aromatic carbocycles. The van der Waals surface area contributed by atoms with Crippen molar-refractivity contribution in [3.05, 3.63) is 29.6 Å². The second-order valence-corrected chi connectivity index (χ2v) is 5.92. The summed E-state index contributed by atoms with van der Waals surface area (Å²) in [5.74, 6) is -0.558. The van der Waals surface area contributed by atoms with Crippen LogP contribution in [0.1, 0.15) is 24.8 Å². The molecular weight excluding hydrogens is 229 g/mol. The lowest BCUT2D eigenvalue weighted by molar-refractivity contribution is 0.566. The Bertz CT molecular complexity index is 471. The molecule has 0 aliphatic rings. The number of hydrogen-bond donors (Lipinski definition) is 1. The summed E-state index contributed by atoms with van der Waals surface area (Å²) < 4.78 is 35.9. The normalized spacial score (nSPS) is 13.8. The zero-order chi connectivity index (χ0) is 12.3. The third kappa shape index (κ3) is 3.02. The Morgan fingerprint density at radius 1 is 1.44 bits per heavy atom. The van der Waals surface area contributed by atoms with Crippen LogP contribution in [0.3, 0.4) is 0 Å². The second-order valence-electron chi connectivity index (χ2n) is 3.94. The predicted molar refractivity (Wildman–Crippen MR) is 61.6 cm³/mol. The number of benzene rings is 1. The van der Waals surface area contributed by atoms with Crippen molar-refractivity contribution in [1.82, 2.24) is 0 Å². The monoisotopic (exact) mass is 245 g/mol. The fraction of sp³-hybridized carbons (Fsp3) is 0.455. The Morgan fingerprint density at radius 3 is 2.50 bits per heavy atom. The van der Waals surface area contributed by atoms with Gasteiger partial charge in [0, 0.05) is 6.26 Å². The number of halogens is 1. The van der Waals surface area contributed by atoms with Gasteiger partial charge in [0.15, 0.2) is 9.84 Å². The Kier molecular flexibility index (Phi) is 4.04. The molecule has 0 spiro atoms. The zero-order valence-electron chi connectivity index (χ0n) is 9.40. The van der Waals surface area contributed by atoms with E-state index in [2.05, 4.69) is 0 Å². The molecule has 2 N–H and O–H groups in total. The molecule has 0 fully saturated rings. The van der Waals surface area contributed by atoms with Crippen LogP contribution in [0.5, 0.6) is 0 Å². The SMILES string of the molecule is CC(CCN)c1ccc(S(C)(=O)=O)c(F)c1. The molecule has 0 aromatic heterocycles. The maximum absolute atomic E-state index is 13.5. The van der Waals surface area contributed by atoms with Crippen molar-refractivity contribution >= 4 is 9.84 Å². The van der Waals surface area contributed by atoms with Crippen molar-refractivity contribution in [3.63, 3.8) is 0 Å². The van der Waals surface area contributed by atoms with Crippen LogP contribution in [-0.2, 0) is 9.84 Å². The van der Waals surface area contributed by atoms with Crippen LogP contribution in [0, 0.1) is 5.82 Å². The van der Waals surface area contributed by atoms with Crippen LogP contribution >= 0.6 is 0 Å². The highest BCUT2D eigenvalue weighted by Crippen LogP contribution is 2.23. The van der Waals surface area contributed by atoms with Gasteiger partial charge in [-0.2, -0.15) is 0 Å². The fourth-order valence-electron chi connectivity index (χ4n) is 1.54. The van der Waals surface area contributed by atoms with Gasteiger partial charge in [-0.3, -0.25) is 0 Å². The molecule has 1 rings (SSSR count). The largest absolute Gasteiger partial charge is 0.330 e. The first-order valence-corrected chi connectivity index (χ1v) is 6.95. The molecule has 16 heavy (non-hydrogen) atoms. The van der Waals surface area contributed by atoms with E-state index in [4.69, 9.17) is 5.73 Å². The minimum absolute atomic E-state index is 0.133. The minimum Gasteiger partial charge on any atom is -0.330 e. The number of hydrogen-bond acceptors (Lipinski definition) is 3. The lowest BCUT2D eigenvalue weighted by Crippen LogP contribution is -2.06. The van der Waals surface area contributed by atoms with Gasteiger partial charge in [-0.1, -0.05) is 13.0 Å². The molecule has 0 aliphatic carbocycles. The molecule has 1 aromatic rings. The molecule has 0 bridgehead atoms. The van der Waals surface area contributed by atoms with Gasteiger partial charge in [0.25, 0.3) is 0 Å². The molecule has 1 unspecified atom stereocenters. The third-order valence-corrected chi connectivity index (χ3v) is 3.65. The Morgan fingerprint density at radius 2 is 2.06 bits per heavy atom. The van der Waals surface area contributed by atoms with Gasteiger partial charge in [0.1, 0.15) is 10.7 Å². The predicted octanol–water partition coefficient (Wildman–Crippen LogP) is 1.68. The van der Waals surface area contributed by atoms with Crippen molar-refractivity contribution in [2.45, 2.75) is 24.2 Å². The van der Waals surface area contributed by atoms with E-state index >= 15 is 0 Å². The highest BCUT2D eigenvalue weighted by atomic mass is 32.2. The van der Waals surface area contributed by atoms with Crippen molar-refractivity contribution < 1.29 is 12.8 Å². The average Bonchev–Trinajstić information content (AvgIpc) is 2.16. The molecule has 0 heterocycles. The van der Waals surface area contributed by atoms with Crippen molar-refractivity contribution in [1.29, 1.82) is 0 Å². The second kappa shape index (κ2) is 4.93. The maximum atomic E-state index is 13.5. The lowest BCUT2D eigenvalue weighted by atomic mass is 9.98. The number of rotatable bonds is 4. The van der Waals surface area contributed by atoms with E-state index in [-0.39, 0.29) is 10.8 Å². The summed E-state index contributed by atoms with van der Waals surface area (Å²) in [4.78, 5) is -0.254. The highest BCUT2D eigenvalue weighted by molar-refractivity contribution is 7.90. The fourth-order valence-corrected chi connectivity index (χ4v) is 2.27. The Hall–Kier alpha value is -0.940. The first kappa shape index (κ1) is 13.1. The smallest absolute Gasteiger partial charge is 0.178 e. The third-order valence-electron chi connectivity index (χ3n) is 2.52. The highest BCUT2D eigenvalue weighted by Gasteiger charge is 2.15. The first-order chi connectivity index (χ1) is 7.36. The molecule has 1 atom stereocenters. The van der Waals surface area contributed by atoms with Crippen LogP contribution in [0.2, 0.25) is 0 Å². The van der Waals surface area contributed by atoms with Gasteiger partial charge in [-0.15, -0.1) is 0 Å². The summed E-state index contributed by atoms with van der Waals surface area (Å²) in [5.41, 5.74) is 6.19. The molecular formula is C11H16FNO2S. The van der Waals surface area contributed by atoms with E-state index in [1.807, 2.05) is 6.92 Å².